The van der Waals surface area contributed by atoms with Crippen molar-refractivity contribution < 1.29 is 18.0 Å². The van der Waals surface area contributed by atoms with E-state index in [0.717, 1.165) is 17.7 Å². The van der Waals surface area contributed by atoms with Crippen molar-refractivity contribution in [1.29, 1.82) is 0 Å². The van der Waals surface area contributed by atoms with Crippen LogP contribution < -0.4 is 14.9 Å². The highest BCUT2D eigenvalue weighted by Crippen LogP contribution is 2.31. The number of nitrogens with zero attached hydrogens (tertiary/aromatic N) is 1. The first-order chi connectivity index (χ1) is 13.3. The van der Waals surface area contributed by atoms with E-state index < -0.39 is 10.0 Å². The zero-order valence-electron chi connectivity index (χ0n) is 15.9. The average Bonchev–Trinajstić information content (AvgIpc) is 3.09. The van der Waals surface area contributed by atoms with Crippen LogP contribution in [0.4, 0.5) is 11.4 Å². The third-order valence-electron chi connectivity index (χ3n) is 4.59. The molecule has 1 heterocycles. The monoisotopic (exact) mass is 401 g/mol. The van der Waals surface area contributed by atoms with Crippen molar-refractivity contribution in [3.63, 3.8) is 0 Å². The van der Waals surface area contributed by atoms with Gasteiger partial charge in [0.05, 0.1) is 16.1 Å². The van der Waals surface area contributed by atoms with Gasteiger partial charge >= 0.3 is 0 Å². The lowest BCUT2D eigenvalue weighted by molar-refractivity contribution is -0.116. The quantitative estimate of drug-likeness (QED) is 0.778. The highest BCUT2D eigenvalue weighted by molar-refractivity contribution is 7.92. The maximum absolute atomic E-state index is 12.9. The number of hydrogen-bond acceptors (Lipinski definition) is 4. The van der Waals surface area contributed by atoms with E-state index >= 15 is 0 Å². The smallest absolute Gasteiger partial charge is 0.261 e. The minimum Gasteiger partial charge on any atom is -0.352 e. The van der Waals surface area contributed by atoms with Crippen LogP contribution in [0.15, 0.2) is 47.4 Å². The van der Waals surface area contributed by atoms with E-state index in [1.165, 1.54) is 13.0 Å². The first-order valence-electron chi connectivity index (χ1n) is 9.14. The zero-order chi connectivity index (χ0) is 20.3. The van der Waals surface area contributed by atoms with E-state index in [4.69, 9.17) is 0 Å². The zero-order valence-corrected chi connectivity index (χ0v) is 16.7. The number of sulfonamides is 1. The Bertz CT molecular complexity index is 1020. The fourth-order valence-electron chi connectivity index (χ4n) is 3.18. The van der Waals surface area contributed by atoms with Gasteiger partial charge in [-0.3, -0.25) is 14.3 Å². The predicted molar refractivity (Wildman–Crippen MR) is 108 cm³/mol. The van der Waals surface area contributed by atoms with E-state index in [9.17, 15) is 18.0 Å². The summed E-state index contributed by atoms with van der Waals surface area (Å²) in [4.78, 5) is 25.7. The van der Waals surface area contributed by atoms with E-state index in [-0.39, 0.29) is 28.0 Å². The van der Waals surface area contributed by atoms with Gasteiger partial charge in [-0.15, -0.1) is 0 Å². The van der Waals surface area contributed by atoms with Crippen LogP contribution in [-0.4, -0.2) is 33.3 Å². The molecule has 1 aliphatic rings. The third-order valence-corrected chi connectivity index (χ3v) is 5.95. The van der Waals surface area contributed by atoms with Gasteiger partial charge in [0, 0.05) is 25.7 Å². The van der Waals surface area contributed by atoms with Crippen LogP contribution >= 0.6 is 0 Å². The van der Waals surface area contributed by atoms with Crippen LogP contribution in [0.3, 0.4) is 0 Å². The van der Waals surface area contributed by atoms with Crippen molar-refractivity contribution in [3.8, 4) is 0 Å². The fourth-order valence-corrected chi connectivity index (χ4v) is 4.31. The van der Waals surface area contributed by atoms with Crippen molar-refractivity contribution in [3.05, 3.63) is 53.6 Å². The number of para-hydroxylation sites is 1. The summed E-state index contributed by atoms with van der Waals surface area (Å²) in [6.45, 7) is 4.48. The Morgan fingerprint density at radius 1 is 1.14 bits per heavy atom. The predicted octanol–water partition coefficient (Wildman–Crippen LogP) is 2.54. The Balaban J connectivity index is 1.88. The van der Waals surface area contributed by atoms with Crippen LogP contribution in [0.2, 0.25) is 0 Å². The van der Waals surface area contributed by atoms with Gasteiger partial charge in [0.1, 0.15) is 0 Å². The summed E-state index contributed by atoms with van der Waals surface area (Å²) in [5.41, 5.74) is 2.04. The molecule has 0 bridgehead atoms. The molecule has 0 aliphatic carbocycles. The second-order valence-electron chi connectivity index (χ2n) is 6.62. The molecule has 8 heteroatoms. The maximum Gasteiger partial charge on any atom is 0.261 e. The molecule has 2 N–H and O–H groups in total. The Morgan fingerprint density at radius 3 is 2.61 bits per heavy atom. The molecule has 2 amide bonds. The third kappa shape index (κ3) is 4.01. The summed E-state index contributed by atoms with van der Waals surface area (Å²) in [5, 5.41) is 2.75. The summed E-state index contributed by atoms with van der Waals surface area (Å²) in [6, 6.07) is 11.2. The molecule has 0 radical (unpaired) electrons. The first kappa shape index (κ1) is 19.9. The molecule has 2 aromatic carbocycles. The number of anilines is 2. The van der Waals surface area contributed by atoms with Gasteiger partial charge < -0.3 is 10.2 Å². The summed E-state index contributed by atoms with van der Waals surface area (Å²) < 4.78 is 28.3. The fraction of sp³-hybridized carbons (Fsp3) is 0.300. The van der Waals surface area contributed by atoms with Crippen LogP contribution in [0, 0.1) is 0 Å². The molecule has 0 aromatic heterocycles. The second-order valence-corrected chi connectivity index (χ2v) is 8.30. The van der Waals surface area contributed by atoms with Crippen molar-refractivity contribution >= 4 is 33.2 Å². The molecule has 0 unspecified atom stereocenters. The molecular formula is C20H23N3O4S. The number of amides is 2. The van der Waals surface area contributed by atoms with Crippen molar-refractivity contribution in [2.75, 3.05) is 22.7 Å². The lowest BCUT2D eigenvalue weighted by atomic mass is 10.1. The van der Waals surface area contributed by atoms with E-state index in [1.807, 2.05) is 6.92 Å². The Morgan fingerprint density at radius 2 is 1.89 bits per heavy atom. The van der Waals surface area contributed by atoms with E-state index in [2.05, 4.69) is 10.0 Å². The SMILES string of the molecule is CCCNC(=O)c1ccccc1NS(=O)(=O)c1ccc2c(c1)CCN2C(C)=O. The van der Waals surface area contributed by atoms with Gasteiger partial charge in [0.15, 0.2) is 0 Å². The lowest BCUT2D eigenvalue weighted by Gasteiger charge is -2.16. The molecule has 2 aromatic rings. The molecule has 0 saturated heterocycles. The number of nitrogens with one attached hydrogen (secondary N) is 2. The Labute approximate surface area is 164 Å². The number of benzene rings is 2. The van der Waals surface area contributed by atoms with E-state index in [1.54, 1.807) is 41.3 Å². The van der Waals surface area contributed by atoms with Gasteiger partial charge in [-0.1, -0.05) is 19.1 Å². The number of carbonyl (C=O) groups is 2. The van der Waals surface area contributed by atoms with Gasteiger partial charge in [-0.25, -0.2) is 8.42 Å². The highest BCUT2D eigenvalue weighted by atomic mass is 32.2. The van der Waals surface area contributed by atoms with Crippen molar-refractivity contribution in [2.45, 2.75) is 31.6 Å². The summed E-state index contributed by atoms with van der Waals surface area (Å²) >= 11 is 0. The second kappa shape index (κ2) is 8.02. The molecular weight excluding hydrogens is 378 g/mol. The van der Waals surface area contributed by atoms with Gasteiger partial charge in [-0.05, 0) is 48.7 Å². The van der Waals surface area contributed by atoms with Crippen molar-refractivity contribution in [1.82, 2.24) is 5.32 Å². The van der Waals surface area contributed by atoms with Gasteiger partial charge in [0.25, 0.3) is 15.9 Å². The summed E-state index contributed by atoms with van der Waals surface area (Å²) in [7, 11) is -3.88. The van der Waals surface area contributed by atoms with Crippen molar-refractivity contribution in [2.24, 2.45) is 0 Å². The molecule has 1 aliphatic heterocycles. The summed E-state index contributed by atoms with van der Waals surface area (Å²) in [6.07, 6.45) is 1.39. The van der Waals surface area contributed by atoms with Crippen LogP contribution in [0.25, 0.3) is 0 Å². The van der Waals surface area contributed by atoms with E-state index in [0.29, 0.717) is 19.5 Å². The largest absolute Gasteiger partial charge is 0.352 e. The molecule has 148 valence electrons. The standard InChI is InChI=1S/C20H23N3O4S/c1-3-11-21-20(25)17-6-4-5-7-18(17)22-28(26,27)16-8-9-19-15(13-16)10-12-23(19)14(2)24/h4-9,13,22H,3,10-12H2,1-2H3,(H,21,25). The lowest BCUT2D eigenvalue weighted by Crippen LogP contribution is -2.26. The molecule has 3 rings (SSSR count). The summed E-state index contributed by atoms with van der Waals surface area (Å²) in [5.74, 6) is -0.397. The molecule has 0 fully saturated rings. The minimum atomic E-state index is -3.88. The normalized spacial score (nSPS) is 13.1. The average molecular weight is 401 g/mol. The number of rotatable bonds is 6. The minimum absolute atomic E-state index is 0.0699. The maximum atomic E-state index is 12.9. The van der Waals surface area contributed by atoms with Crippen LogP contribution in [0.1, 0.15) is 36.2 Å². The molecule has 28 heavy (non-hydrogen) atoms. The topological polar surface area (TPSA) is 95.6 Å². The molecule has 7 nitrogen and oxygen atoms in total. The first-order valence-corrected chi connectivity index (χ1v) is 10.6. The number of hydrogen-bond donors (Lipinski definition) is 2. The van der Waals surface area contributed by atoms with Crippen LogP contribution in [-0.2, 0) is 21.2 Å². The Hall–Kier alpha value is -2.87. The van der Waals surface area contributed by atoms with Gasteiger partial charge in [-0.2, -0.15) is 0 Å². The number of carbonyl (C=O) groups excluding carboxylic acids is 2. The number of fused-ring (bicyclic) bond motifs is 1. The molecule has 0 spiro atoms. The van der Waals surface area contributed by atoms with Crippen LogP contribution in [0.5, 0.6) is 0 Å². The Kier molecular flexibility index (Phi) is 5.69. The molecule has 0 saturated carbocycles. The highest BCUT2D eigenvalue weighted by Gasteiger charge is 2.25. The molecule has 0 atom stereocenters. The van der Waals surface area contributed by atoms with Gasteiger partial charge in [0.2, 0.25) is 5.91 Å².